The van der Waals surface area contributed by atoms with Gasteiger partial charge in [-0.2, -0.15) is 0 Å². The van der Waals surface area contributed by atoms with Gasteiger partial charge in [0.15, 0.2) is 0 Å². The molecule has 1 aromatic rings. The van der Waals surface area contributed by atoms with E-state index < -0.39 is 0 Å². The van der Waals surface area contributed by atoms with Crippen molar-refractivity contribution in [1.82, 2.24) is 5.32 Å². The number of halogens is 2. The average Bonchev–Trinajstić information content (AvgIpc) is 2.61. The fourth-order valence-corrected chi connectivity index (χ4v) is 3.65. The molecule has 92 valence electrons. The average molecular weight is 371 g/mol. The number of thiophene rings is 1. The third-order valence-electron chi connectivity index (χ3n) is 2.99. The van der Waals surface area contributed by atoms with Gasteiger partial charge in [-0.25, -0.2) is 0 Å². The van der Waals surface area contributed by atoms with Crippen LogP contribution >= 0.6 is 43.2 Å². The van der Waals surface area contributed by atoms with Crippen LogP contribution in [0.3, 0.4) is 0 Å². The van der Waals surface area contributed by atoms with Gasteiger partial charge in [-0.1, -0.05) is 13.8 Å². The molecule has 5 heteroatoms. The number of aliphatic hydroxyl groups is 1. The van der Waals surface area contributed by atoms with E-state index in [1.54, 1.807) is 11.3 Å². The van der Waals surface area contributed by atoms with Crippen molar-refractivity contribution < 1.29 is 5.11 Å². The highest BCUT2D eigenvalue weighted by Crippen LogP contribution is 2.32. The van der Waals surface area contributed by atoms with E-state index in [-0.39, 0.29) is 12.1 Å². The largest absolute Gasteiger partial charge is 0.394 e. The van der Waals surface area contributed by atoms with Gasteiger partial charge in [0, 0.05) is 21.4 Å². The summed E-state index contributed by atoms with van der Waals surface area (Å²) in [5, 5.41) is 12.9. The zero-order chi connectivity index (χ0) is 12.2. The first-order chi connectivity index (χ1) is 7.56. The second kappa shape index (κ2) is 6.50. The van der Waals surface area contributed by atoms with E-state index in [1.807, 2.05) is 0 Å². The van der Waals surface area contributed by atoms with E-state index in [2.05, 4.69) is 57.1 Å². The van der Waals surface area contributed by atoms with E-state index in [1.165, 1.54) is 4.88 Å². The molecule has 1 aromatic heterocycles. The number of rotatable bonds is 6. The van der Waals surface area contributed by atoms with E-state index in [0.29, 0.717) is 0 Å². The van der Waals surface area contributed by atoms with Crippen molar-refractivity contribution in [3.8, 4) is 0 Å². The van der Waals surface area contributed by atoms with Crippen LogP contribution < -0.4 is 5.32 Å². The van der Waals surface area contributed by atoms with Crippen molar-refractivity contribution in [2.45, 2.75) is 38.8 Å². The van der Waals surface area contributed by atoms with Crippen molar-refractivity contribution in [1.29, 1.82) is 0 Å². The van der Waals surface area contributed by atoms with Gasteiger partial charge in [0.2, 0.25) is 0 Å². The van der Waals surface area contributed by atoms with Gasteiger partial charge in [-0.05, 0) is 50.8 Å². The maximum absolute atomic E-state index is 9.44. The van der Waals surface area contributed by atoms with Crippen LogP contribution in [-0.4, -0.2) is 17.3 Å². The Labute approximate surface area is 118 Å². The maximum Gasteiger partial charge on any atom is 0.0843 e. The molecule has 1 heterocycles. The fraction of sp³-hybridized carbons (Fsp3) is 0.636. The van der Waals surface area contributed by atoms with Crippen molar-refractivity contribution in [3.63, 3.8) is 0 Å². The molecule has 0 bridgehead atoms. The molecule has 0 aromatic carbocycles. The molecule has 0 spiro atoms. The van der Waals surface area contributed by atoms with Gasteiger partial charge >= 0.3 is 0 Å². The zero-order valence-electron chi connectivity index (χ0n) is 9.52. The fourth-order valence-electron chi connectivity index (χ4n) is 1.53. The summed E-state index contributed by atoms with van der Waals surface area (Å²) in [7, 11) is 0. The van der Waals surface area contributed by atoms with Crippen LogP contribution in [0.1, 0.15) is 31.6 Å². The molecule has 1 rings (SSSR count). The van der Waals surface area contributed by atoms with Gasteiger partial charge < -0.3 is 10.4 Å². The monoisotopic (exact) mass is 369 g/mol. The molecule has 0 aliphatic rings. The number of aliphatic hydroxyl groups excluding tert-OH is 1. The van der Waals surface area contributed by atoms with Crippen LogP contribution in [0.4, 0.5) is 0 Å². The van der Waals surface area contributed by atoms with Gasteiger partial charge in [-0.3, -0.25) is 0 Å². The molecule has 0 aliphatic heterocycles. The maximum atomic E-state index is 9.44. The van der Waals surface area contributed by atoms with Gasteiger partial charge in [0.1, 0.15) is 0 Å². The Morgan fingerprint density at radius 3 is 2.38 bits per heavy atom. The summed E-state index contributed by atoms with van der Waals surface area (Å²) in [6.45, 7) is 5.20. The molecule has 2 N–H and O–H groups in total. The minimum absolute atomic E-state index is 0.136. The third-order valence-corrected chi connectivity index (χ3v) is 6.25. The summed E-state index contributed by atoms with van der Waals surface area (Å²) < 4.78 is 2.21. The van der Waals surface area contributed by atoms with E-state index in [0.717, 1.165) is 27.6 Å². The Bertz CT molecular complexity index is 309. The second-order valence-corrected chi connectivity index (χ2v) is 7.14. The minimum Gasteiger partial charge on any atom is -0.394 e. The van der Waals surface area contributed by atoms with Crippen LogP contribution in [0, 0.1) is 0 Å². The van der Waals surface area contributed by atoms with Crippen molar-refractivity contribution in [2.75, 3.05) is 6.61 Å². The van der Waals surface area contributed by atoms with E-state index >= 15 is 0 Å². The lowest BCUT2D eigenvalue weighted by Gasteiger charge is -2.30. The third kappa shape index (κ3) is 3.53. The van der Waals surface area contributed by atoms with Crippen molar-refractivity contribution in [2.24, 2.45) is 0 Å². The predicted octanol–water partition coefficient (Wildman–Crippen LogP) is 3.91. The lowest BCUT2D eigenvalue weighted by molar-refractivity contribution is 0.150. The van der Waals surface area contributed by atoms with Gasteiger partial charge in [-0.15, -0.1) is 11.3 Å². The summed E-state index contributed by atoms with van der Waals surface area (Å²) >= 11 is 8.67. The topological polar surface area (TPSA) is 32.3 Å². The quantitative estimate of drug-likeness (QED) is 0.795. The summed E-state index contributed by atoms with van der Waals surface area (Å²) in [6.07, 6.45) is 1.88. The highest BCUT2D eigenvalue weighted by atomic mass is 79.9. The number of nitrogens with one attached hydrogen (secondary N) is 1. The molecule has 0 radical (unpaired) electrons. The first kappa shape index (κ1) is 14.6. The number of hydrogen-bond donors (Lipinski definition) is 2. The molecule has 0 saturated carbocycles. The zero-order valence-corrected chi connectivity index (χ0v) is 13.5. The molecule has 0 fully saturated rings. The van der Waals surface area contributed by atoms with Crippen LogP contribution in [-0.2, 0) is 6.54 Å². The molecule has 0 aliphatic carbocycles. The van der Waals surface area contributed by atoms with E-state index in [9.17, 15) is 5.11 Å². The Balaban J connectivity index is 2.62. The summed E-state index contributed by atoms with van der Waals surface area (Å²) in [5.41, 5.74) is -0.136. The minimum atomic E-state index is -0.136. The lowest BCUT2D eigenvalue weighted by Crippen LogP contribution is -2.46. The van der Waals surface area contributed by atoms with E-state index in [4.69, 9.17) is 0 Å². The molecular formula is C11H17Br2NOS. The molecule has 0 unspecified atom stereocenters. The Hall–Kier alpha value is 0.580. The summed E-state index contributed by atoms with van der Waals surface area (Å²) in [6, 6.07) is 2.11. The van der Waals surface area contributed by atoms with Crippen LogP contribution in [0.5, 0.6) is 0 Å². The highest BCUT2D eigenvalue weighted by Gasteiger charge is 2.24. The second-order valence-electron chi connectivity index (χ2n) is 3.83. The lowest BCUT2D eigenvalue weighted by atomic mass is 9.94. The predicted molar refractivity (Wildman–Crippen MR) is 77.0 cm³/mol. The highest BCUT2D eigenvalue weighted by molar-refractivity contribution is 9.13. The molecule has 2 nitrogen and oxygen atoms in total. The Morgan fingerprint density at radius 2 is 2.00 bits per heavy atom. The van der Waals surface area contributed by atoms with Crippen molar-refractivity contribution in [3.05, 3.63) is 19.2 Å². The van der Waals surface area contributed by atoms with Crippen molar-refractivity contribution >= 4 is 43.2 Å². The SMILES string of the molecule is CCC(CC)(CO)NCc1cc(Br)c(Br)s1. The van der Waals surface area contributed by atoms with Crippen LogP contribution in [0.2, 0.25) is 0 Å². The molecule has 0 saturated heterocycles. The van der Waals surface area contributed by atoms with Gasteiger partial charge in [0.25, 0.3) is 0 Å². The number of hydrogen-bond acceptors (Lipinski definition) is 3. The normalized spacial score (nSPS) is 12.1. The van der Waals surface area contributed by atoms with Crippen LogP contribution in [0.15, 0.2) is 14.3 Å². The first-order valence-corrected chi connectivity index (χ1v) is 7.76. The molecule has 16 heavy (non-hydrogen) atoms. The molecule has 0 atom stereocenters. The van der Waals surface area contributed by atoms with Crippen LogP contribution in [0.25, 0.3) is 0 Å². The summed E-state index contributed by atoms with van der Waals surface area (Å²) in [4.78, 5) is 1.26. The Kier molecular flexibility index (Phi) is 5.94. The smallest absolute Gasteiger partial charge is 0.0843 e. The Morgan fingerprint density at radius 1 is 1.38 bits per heavy atom. The van der Waals surface area contributed by atoms with Gasteiger partial charge in [0.05, 0.1) is 10.4 Å². The summed E-state index contributed by atoms with van der Waals surface area (Å²) in [5.74, 6) is 0. The molecule has 0 amide bonds. The standard InChI is InChI=1S/C11H17Br2NOS/c1-3-11(4-2,7-15)14-6-8-5-9(12)10(13)16-8/h5,14-15H,3-4,6-7H2,1-2H3. The first-order valence-electron chi connectivity index (χ1n) is 5.36. The molecular weight excluding hydrogens is 354 g/mol.